The van der Waals surface area contributed by atoms with Crippen LogP contribution in [0.5, 0.6) is 0 Å². The van der Waals surface area contributed by atoms with Crippen molar-refractivity contribution in [3.8, 4) is 5.82 Å². The van der Waals surface area contributed by atoms with E-state index in [9.17, 15) is 9.59 Å². The van der Waals surface area contributed by atoms with Gasteiger partial charge in [-0.2, -0.15) is 0 Å². The summed E-state index contributed by atoms with van der Waals surface area (Å²) in [5.74, 6) is 1.44. The molecular formula is C23H22N8O3. The van der Waals surface area contributed by atoms with Gasteiger partial charge >= 0.3 is 6.03 Å². The number of nitrogens with zero attached hydrogens (tertiary/aromatic N) is 5. The zero-order valence-electron chi connectivity index (χ0n) is 18.4. The highest BCUT2D eigenvalue weighted by atomic mass is 16.5. The van der Waals surface area contributed by atoms with E-state index in [1.54, 1.807) is 31.4 Å². The first kappa shape index (κ1) is 20.4. The molecule has 34 heavy (non-hydrogen) atoms. The molecule has 2 aliphatic rings. The second-order valence-electron chi connectivity index (χ2n) is 8.33. The molecule has 2 atom stereocenters. The summed E-state index contributed by atoms with van der Waals surface area (Å²) in [7, 11) is 1.78. The normalized spacial score (nSPS) is 19.5. The number of hydrogen-bond donors (Lipinski definition) is 3. The van der Waals surface area contributed by atoms with Crippen LogP contribution in [0.15, 0.2) is 53.7 Å². The van der Waals surface area contributed by atoms with Crippen LogP contribution in [-0.2, 0) is 11.3 Å². The maximum Gasteiger partial charge on any atom is 0.328 e. The fourth-order valence-electron chi connectivity index (χ4n) is 4.25. The quantitative estimate of drug-likeness (QED) is 0.418. The smallest absolute Gasteiger partial charge is 0.328 e. The molecule has 172 valence electrons. The number of imidazole rings is 1. The summed E-state index contributed by atoms with van der Waals surface area (Å²) in [6.45, 7) is 0.313. The topological polar surface area (TPSA) is 128 Å². The van der Waals surface area contributed by atoms with Gasteiger partial charge in [0.05, 0.1) is 24.4 Å². The van der Waals surface area contributed by atoms with Gasteiger partial charge in [-0.1, -0.05) is 6.07 Å². The summed E-state index contributed by atoms with van der Waals surface area (Å²) in [5, 5.41) is 9.37. The van der Waals surface area contributed by atoms with Crippen molar-refractivity contribution >= 4 is 34.5 Å². The molecule has 1 aliphatic heterocycles. The van der Waals surface area contributed by atoms with Gasteiger partial charge in [0, 0.05) is 25.4 Å². The van der Waals surface area contributed by atoms with Crippen LogP contribution in [0.2, 0.25) is 0 Å². The summed E-state index contributed by atoms with van der Waals surface area (Å²) in [4.78, 5) is 39.1. The Bertz CT molecular complexity index is 1480. The van der Waals surface area contributed by atoms with Gasteiger partial charge in [0.15, 0.2) is 5.65 Å². The van der Waals surface area contributed by atoms with Crippen LogP contribution < -0.4 is 21.5 Å². The van der Waals surface area contributed by atoms with Gasteiger partial charge in [-0.3, -0.25) is 9.36 Å². The highest BCUT2D eigenvalue weighted by Crippen LogP contribution is 2.29. The Morgan fingerprint density at radius 1 is 1.09 bits per heavy atom. The number of anilines is 3. The Morgan fingerprint density at radius 3 is 2.76 bits per heavy atom. The minimum absolute atomic E-state index is 0.101. The predicted molar refractivity (Wildman–Crippen MR) is 126 cm³/mol. The first-order valence-electron chi connectivity index (χ1n) is 11.0. The Balaban J connectivity index is 1.51. The fraction of sp³-hybridized carbons (Fsp3) is 0.261. The number of ether oxygens (including phenoxy) is 1. The summed E-state index contributed by atoms with van der Waals surface area (Å²) in [5.41, 5.74) is 2.37. The molecule has 5 heterocycles. The number of nitrogens with one attached hydrogen (secondary N) is 3. The van der Waals surface area contributed by atoms with Crippen molar-refractivity contribution in [2.45, 2.75) is 31.6 Å². The summed E-state index contributed by atoms with van der Waals surface area (Å²) >= 11 is 0. The maximum absolute atomic E-state index is 13.0. The highest BCUT2D eigenvalue weighted by molar-refractivity contribution is 5.94. The lowest BCUT2D eigenvalue weighted by Crippen LogP contribution is -2.52. The lowest BCUT2D eigenvalue weighted by Gasteiger charge is -2.36. The van der Waals surface area contributed by atoms with E-state index < -0.39 is 0 Å². The van der Waals surface area contributed by atoms with Gasteiger partial charge in [-0.05, 0) is 36.6 Å². The van der Waals surface area contributed by atoms with Crippen LogP contribution in [0.1, 0.15) is 18.4 Å². The number of hydrogen-bond acceptors (Lipinski definition) is 8. The SMILES string of the molecule is CNc1cc2nc3c1ncn3C(=O)N[C@@H]1CC[C@H]1OCc1cc(nc(-n3ccccc3=O)c1)N2. The van der Waals surface area contributed by atoms with E-state index in [0.29, 0.717) is 40.9 Å². The van der Waals surface area contributed by atoms with Crippen LogP contribution in [-0.4, -0.2) is 49.3 Å². The Morgan fingerprint density at radius 2 is 1.97 bits per heavy atom. The van der Waals surface area contributed by atoms with Crippen molar-refractivity contribution in [1.82, 2.24) is 29.4 Å². The average molecular weight is 458 g/mol. The van der Waals surface area contributed by atoms with Crippen molar-refractivity contribution < 1.29 is 9.53 Å². The van der Waals surface area contributed by atoms with E-state index in [1.807, 2.05) is 12.1 Å². The van der Waals surface area contributed by atoms with Gasteiger partial charge < -0.3 is 20.7 Å². The molecule has 4 bridgehead atoms. The molecule has 1 aliphatic carbocycles. The lowest BCUT2D eigenvalue weighted by molar-refractivity contribution is -0.0323. The van der Waals surface area contributed by atoms with E-state index in [0.717, 1.165) is 18.4 Å². The Kier molecular flexibility index (Phi) is 4.77. The molecule has 0 radical (unpaired) electrons. The molecule has 6 rings (SSSR count). The molecule has 4 aromatic rings. The van der Waals surface area contributed by atoms with Crippen LogP contribution in [0.4, 0.5) is 22.1 Å². The van der Waals surface area contributed by atoms with Gasteiger partial charge in [0.1, 0.15) is 29.3 Å². The van der Waals surface area contributed by atoms with E-state index in [-0.39, 0.29) is 23.7 Å². The van der Waals surface area contributed by atoms with Gasteiger partial charge in [0.2, 0.25) is 0 Å². The first-order valence-corrected chi connectivity index (χ1v) is 11.0. The molecule has 11 heteroatoms. The van der Waals surface area contributed by atoms with Crippen LogP contribution in [0, 0.1) is 0 Å². The third kappa shape index (κ3) is 3.46. The number of pyridine rings is 3. The molecule has 1 amide bonds. The largest absolute Gasteiger partial charge is 0.386 e. The molecule has 0 saturated heterocycles. The third-order valence-electron chi connectivity index (χ3n) is 6.17. The fourth-order valence-corrected chi connectivity index (χ4v) is 4.25. The molecule has 0 aromatic carbocycles. The van der Waals surface area contributed by atoms with Crippen LogP contribution in [0.25, 0.3) is 17.0 Å². The van der Waals surface area contributed by atoms with E-state index >= 15 is 0 Å². The van der Waals surface area contributed by atoms with Crippen LogP contribution >= 0.6 is 0 Å². The van der Waals surface area contributed by atoms with Crippen molar-refractivity contribution in [3.05, 3.63) is 64.8 Å². The molecule has 0 spiro atoms. The molecule has 11 nitrogen and oxygen atoms in total. The van der Waals surface area contributed by atoms with Crippen molar-refractivity contribution in [1.29, 1.82) is 0 Å². The van der Waals surface area contributed by atoms with E-state index in [1.165, 1.54) is 21.5 Å². The minimum atomic E-state index is -0.299. The Hall–Kier alpha value is -4.25. The highest BCUT2D eigenvalue weighted by Gasteiger charge is 2.34. The molecule has 4 aromatic heterocycles. The molecule has 1 saturated carbocycles. The molecule has 1 fully saturated rings. The molecule has 0 unspecified atom stereocenters. The monoisotopic (exact) mass is 458 g/mol. The summed E-state index contributed by atoms with van der Waals surface area (Å²) in [6, 6.07) is 10.1. The second kappa shape index (κ2) is 7.96. The zero-order valence-corrected chi connectivity index (χ0v) is 18.4. The average Bonchev–Trinajstić information content (AvgIpc) is 3.25. The third-order valence-corrected chi connectivity index (χ3v) is 6.17. The standard InChI is InChI=1S/C23H22N8O3/c1-24-15-10-18-27-17-8-13(9-19(28-17)30-7-3-2-4-20(30)32)11-34-16-6-5-14(16)26-23(33)31-12-25-21(15)22(31)29-18/h2-4,7-10,12,14,16H,5-6,11H2,1H3,(H,26,33)(H2,24,27,28,29)/t14-,16-/m1/s1. The molecular weight excluding hydrogens is 436 g/mol. The van der Waals surface area contributed by atoms with Crippen molar-refractivity contribution in [2.75, 3.05) is 17.7 Å². The second-order valence-corrected chi connectivity index (χ2v) is 8.33. The molecule has 3 N–H and O–H groups in total. The predicted octanol–water partition coefficient (Wildman–Crippen LogP) is 2.38. The van der Waals surface area contributed by atoms with E-state index in [2.05, 4.69) is 30.9 Å². The van der Waals surface area contributed by atoms with Gasteiger partial charge in [0.25, 0.3) is 5.56 Å². The van der Waals surface area contributed by atoms with Crippen molar-refractivity contribution in [3.63, 3.8) is 0 Å². The Labute approximate surface area is 193 Å². The van der Waals surface area contributed by atoms with Gasteiger partial charge in [-0.15, -0.1) is 0 Å². The summed E-state index contributed by atoms with van der Waals surface area (Å²) < 4.78 is 9.01. The number of rotatable bonds is 2. The number of aromatic nitrogens is 5. The first-order chi connectivity index (χ1) is 16.6. The zero-order chi connectivity index (χ0) is 23.2. The van der Waals surface area contributed by atoms with E-state index in [4.69, 9.17) is 4.74 Å². The number of carbonyl (C=O) groups is 1. The van der Waals surface area contributed by atoms with Gasteiger partial charge in [-0.25, -0.2) is 24.3 Å². The number of carbonyl (C=O) groups excluding carboxylic acids is 1. The number of fused-ring (bicyclic) bond motifs is 4. The van der Waals surface area contributed by atoms with Crippen LogP contribution in [0.3, 0.4) is 0 Å². The summed E-state index contributed by atoms with van der Waals surface area (Å²) in [6.07, 6.45) is 4.72. The number of amides is 1. The minimum Gasteiger partial charge on any atom is -0.386 e. The van der Waals surface area contributed by atoms with Crippen molar-refractivity contribution in [2.24, 2.45) is 0 Å². The maximum atomic E-state index is 13.0. The lowest BCUT2D eigenvalue weighted by atomic mass is 9.89.